The van der Waals surface area contributed by atoms with E-state index in [1.165, 1.54) is 11.8 Å². The van der Waals surface area contributed by atoms with Gasteiger partial charge in [-0.25, -0.2) is 0 Å². The van der Waals surface area contributed by atoms with Crippen LogP contribution in [-0.4, -0.2) is 34.3 Å². The molecule has 1 amide bonds. The molecule has 0 N–H and O–H groups in total. The highest BCUT2D eigenvalue weighted by Gasteiger charge is 2.29. The summed E-state index contributed by atoms with van der Waals surface area (Å²) in [5.41, 5.74) is 1.00. The number of hydrogen-bond acceptors (Lipinski definition) is 4. The lowest BCUT2D eigenvalue weighted by Crippen LogP contribution is -2.32. The van der Waals surface area contributed by atoms with Gasteiger partial charge in [0.05, 0.1) is 12.1 Å². The average Bonchev–Trinajstić information content (AvgIpc) is 2.97. The van der Waals surface area contributed by atoms with Crippen molar-refractivity contribution in [2.24, 2.45) is 0 Å². The van der Waals surface area contributed by atoms with Crippen LogP contribution in [0.3, 0.4) is 0 Å². The Morgan fingerprint density at radius 3 is 2.76 bits per heavy atom. The molecule has 0 unspecified atom stereocenters. The summed E-state index contributed by atoms with van der Waals surface area (Å²) in [7, 11) is 0. The molecule has 2 rings (SSSR count). The molecule has 1 saturated heterocycles. The molecular weight excluding hydrogens is 332 g/mol. The predicted octanol–water partition coefficient (Wildman–Crippen LogP) is 4.37. The monoisotopic (exact) mass is 356 g/mol. The first-order valence-electron chi connectivity index (χ1n) is 8.76. The van der Waals surface area contributed by atoms with E-state index in [9.17, 15) is 9.59 Å². The molecule has 0 spiro atoms. The molecule has 25 heavy (non-hydrogen) atoms. The van der Waals surface area contributed by atoms with Gasteiger partial charge in [-0.05, 0) is 24.5 Å². The molecule has 1 atom stereocenters. The number of nitriles is 1. The quantitative estimate of drug-likeness (QED) is 0.461. The first kappa shape index (κ1) is 19.3. The highest BCUT2D eigenvalue weighted by atomic mass is 32.2. The van der Waals surface area contributed by atoms with Crippen LogP contribution < -0.4 is 0 Å². The van der Waals surface area contributed by atoms with Crippen LogP contribution in [-0.2, 0) is 11.2 Å². The third-order valence-corrected chi connectivity index (χ3v) is 5.17. The van der Waals surface area contributed by atoms with E-state index in [1.807, 2.05) is 41.3 Å². The number of amides is 1. The first-order valence-corrected chi connectivity index (χ1v) is 9.74. The summed E-state index contributed by atoms with van der Waals surface area (Å²) >= 11 is 1.32. The Kier molecular flexibility index (Phi) is 8.27. The van der Waals surface area contributed by atoms with Gasteiger partial charge >= 0.3 is 0 Å². The van der Waals surface area contributed by atoms with Gasteiger partial charge in [-0.15, -0.1) is 0 Å². The van der Waals surface area contributed by atoms with Gasteiger partial charge < -0.3 is 4.90 Å². The zero-order valence-electron chi connectivity index (χ0n) is 14.4. The lowest BCUT2D eigenvalue weighted by molar-refractivity contribution is -0.114. The van der Waals surface area contributed by atoms with Gasteiger partial charge in [-0.2, -0.15) is 5.26 Å². The molecule has 0 aromatic heterocycles. The number of hydrogen-bond donors (Lipinski definition) is 0. The minimum atomic E-state index is 0.0105. The highest BCUT2D eigenvalue weighted by Crippen LogP contribution is 2.25. The Morgan fingerprint density at radius 2 is 2.00 bits per heavy atom. The maximum absolute atomic E-state index is 12.1. The Morgan fingerprint density at radius 1 is 1.24 bits per heavy atom. The fourth-order valence-corrected chi connectivity index (χ4v) is 3.79. The Balaban J connectivity index is 1.78. The second kappa shape index (κ2) is 10.7. The Labute approximate surface area is 153 Å². The molecule has 1 aliphatic heterocycles. The van der Waals surface area contributed by atoms with E-state index in [-0.39, 0.29) is 17.1 Å². The van der Waals surface area contributed by atoms with Crippen LogP contribution in [0.1, 0.15) is 37.7 Å². The SMILES string of the molecule is N#CCCCCCCN1C(=O)SC[C@@H]1C=CC(=O)Cc1ccccc1. The molecule has 1 aromatic carbocycles. The van der Waals surface area contributed by atoms with Gasteiger partial charge in [0.15, 0.2) is 5.78 Å². The van der Waals surface area contributed by atoms with Crippen LogP contribution in [0.4, 0.5) is 4.79 Å². The molecule has 132 valence electrons. The van der Waals surface area contributed by atoms with Crippen molar-refractivity contribution in [1.29, 1.82) is 5.26 Å². The van der Waals surface area contributed by atoms with E-state index >= 15 is 0 Å². The molecule has 1 aliphatic rings. The summed E-state index contributed by atoms with van der Waals surface area (Å²) in [5, 5.41) is 8.62. The summed E-state index contributed by atoms with van der Waals surface area (Å²) in [6.45, 7) is 0.722. The molecule has 1 fully saturated rings. The number of ketones is 1. The number of thioether (sulfide) groups is 1. The fraction of sp³-hybridized carbons (Fsp3) is 0.450. The van der Waals surface area contributed by atoms with Crippen LogP contribution in [0.5, 0.6) is 0 Å². The number of unbranched alkanes of at least 4 members (excludes halogenated alkanes) is 4. The molecular formula is C20H24N2O2S. The normalized spacial score (nSPS) is 17.2. The number of nitrogens with zero attached hydrogens (tertiary/aromatic N) is 2. The Bertz CT molecular complexity index is 637. The van der Waals surface area contributed by atoms with E-state index in [0.29, 0.717) is 18.6 Å². The van der Waals surface area contributed by atoms with Crippen LogP contribution in [0, 0.1) is 11.3 Å². The van der Waals surface area contributed by atoms with Crippen molar-refractivity contribution in [3.8, 4) is 6.07 Å². The van der Waals surface area contributed by atoms with E-state index in [4.69, 9.17) is 5.26 Å². The first-order chi connectivity index (χ1) is 12.2. The van der Waals surface area contributed by atoms with Gasteiger partial charge in [0.25, 0.3) is 5.24 Å². The van der Waals surface area contributed by atoms with E-state index < -0.39 is 0 Å². The highest BCUT2D eigenvalue weighted by molar-refractivity contribution is 8.13. The zero-order chi connectivity index (χ0) is 17.9. The van der Waals surface area contributed by atoms with Crippen molar-refractivity contribution >= 4 is 22.8 Å². The summed E-state index contributed by atoms with van der Waals surface area (Å²) in [6.07, 6.45) is 8.42. The Hall–Kier alpha value is -2.06. The lowest BCUT2D eigenvalue weighted by Gasteiger charge is -2.21. The second-order valence-electron chi connectivity index (χ2n) is 6.15. The third kappa shape index (κ3) is 6.75. The molecule has 5 heteroatoms. The summed E-state index contributed by atoms with van der Waals surface area (Å²) in [6, 6.07) is 11.8. The summed E-state index contributed by atoms with van der Waals surface area (Å²) < 4.78 is 0. The lowest BCUT2D eigenvalue weighted by atomic mass is 10.1. The molecule has 0 saturated carbocycles. The van der Waals surface area contributed by atoms with E-state index in [2.05, 4.69) is 6.07 Å². The van der Waals surface area contributed by atoms with Crippen molar-refractivity contribution in [1.82, 2.24) is 4.90 Å². The summed E-state index contributed by atoms with van der Waals surface area (Å²) in [4.78, 5) is 26.0. The van der Waals surface area contributed by atoms with E-state index in [1.54, 1.807) is 6.08 Å². The average molecular weight is 356 g/mol. The largest absolute Gasteiger partial charge is 0.326 e. The van der Waals surface area contributed by atoms with Crippen molar-refractivity contribution in [3.05, 3.63) is 48.0 Å². The molecule has 1 heterocycles. The molecule has 0 bridgehead atoms. The molecule has 0 radical (unpaired) electrons. The number of carbonyl (C=O) groups excluding carboxylic acids is 2. The van der Waals surface area contributed by atoms with E-state index in [0.717, 1.165) is 37.8 Å². The molecule has 1 aromatic rings. The second-order valence-corrected chi connectivity index (χ2v) is 7.12. The summed E-state index contributed by atoms with van der Waals surface area (Å²) in [5.74, 6) is 0.773. The van der Waals surface area contributed by atoms with Gasteiger partial charge in [-0.3, -0.25) is 9.59 Å². The topological polar surface area (TPSA) is 61.2 Å². The molecule has 4 nitrogen and oxygen atoms in total. The van der Waals surface area contributed by atoms with Crippen LogP contribution in [0.15, 0.2) is 42.5 Å². The minimum absolute atomic E-state index is 0.0105. The van der Waals surface area contributed by atoms with Crippen molar-refractivity contribution in [2.75, 3.05) is 12.3 Å². The van der Waals surface area contributed by atoms with Gasteiger partial charge in [0.2, 0.25) is 0 Å². The number of rotatable bonds is 10. The number of benzene rings is 1. The van der Waals surface area contributed by atoms with Crippen LogP contribution in [0.2, 0.25) is 0 Å². The third-order valence-electron chi connectivity index (χ3n) is 4.18. The molecule has 0 aliphatic carbocycles. The standard InChI is InChI=1S/C20H24N2O2S/c21-13-7-2-1-3-8-14-22-18(16-25-20(22)24)11-12-19(23)15-17-9-5-4-6-10-17/h4-6,9-12,18H,1-3,7-8,14-16H2/t18-/m0/s1. The maximum Gasteiger partial charge on any atom is 0.282 e. The number of allylic oxidation sites excluding steroid dienone is 1. The predicted molar refractivity (Wildman–Crippen MR) is 101 cm³/mol. The van der Waals surface area contributed by atoms with Gasteiger partial charge in [-0.1, -0.05) is 61.0 Å². The van der Waals surface area contributed by atoms with Gasteiger partial charge in [0.1, 0.15) is 0 Å². The minimum Gasteiger partial charge on any atom is -0.326 e. The van der Waals surface area contributed by atoms with Gasteiger partial charge in [0, 0.05) is 25.1 Å². The fourth-order valence-electron chi connectivity index (χ4n) is 2.80. The van der Waals surface area contributed by atoms with Crippen molar-refractivity contribution < 1.29 is 9.59 Å². The van der Waals surface area contributed by atoms with Crippen LogP contribution in [0.25, 0.3) is 0 Å². The maximum atomic E-state index is 12.1. The zero-order valence-corrected chi connectivity index (χ0v) is 15.2. The van der Waals surface area contributed by atoms with Crippen molar-refractivity contribution in [2.45, 2.75) is 44.6 Å². The van der Waals surface area contributed by atoms with Crippen molar-refractivity contribution in [3.63, 3.8) is 0 Å². The van der Waals surface area contributed by atoms with Crippen LogP contribution >= 0.6 is 11.8 Å². The number of carbonyl (C=O) groups is 2. The smallest absolute Gasteiger partial charge is 0.282 e.